The first-order chi connectivity index (χ1) is 8.37. The Hall–Kier alpha value is -1.65. The molecule has 1 aromatic rings. The summed E-state index contributed by atoms with van der Waals surface area (Å²) in [6.07, 6.45) is -1.25. The fourth-order valence-corrected chi connectivity index (χ4v) is 2.52. The highest BCUT2D eigenvalue weighted by Gasteiger charge is 2.50. The van der Waals surface area contributed by atoms with Gasteiger partial charge in [-0.05, 0) is 18.9 Å². The molecule has 1 aliphatic rings. The summed E-state index contributed by atoms with van der Waals surface area (Å²) in [6, 6.07) is 6.05. The number of halogens is 2. The molecular formula is C13H14F2O3. The zero-order valence-corrected chi connectivity index (χ0v) is 9.70. The lowest BCUT2D eigenvalue weighted by molar-refractivity contribution is -0.149. The van der Waals surface area contributed by atoms with Crippen LogP contribution >= 0.6 is 0 Å². The molecule has 3 nitrogen and oxygen atoms in total. The lowest BCUT2D eigenvalue weighted by Gasteiger charge is -2.37. The average molecular weight is 256 g/mol. The molecule has 0 saturated heterocycles. The first-order valence-electron chi connectivity index (χ1n) is 5.77. The van der Waals surface area contributed by atoms with Crippen molar-refractivity contribution >= 4 is 5.97 Å². The van der Waals surface area contributed by atoms with Gasteiger partial charge in [-0.15, -0.1) is 0 Å². The molecule has 0 atom stereocenters. The van der Waals surface area contributed by atoms with Crippen molar-refractivity contribution in [2.24, 2.45) is 0 Å². The number of rotatable bonds is 2. The maximum absolute atomic E-state index is 13.2. The van der Waals surface area contributed by atoms with Crippen LogP contribution < -0.4 is 0 Å². The number of aliphatic carboxylic acids is 1. The van der Waals surface area contributed by atoms with Crippen molar-refractivity contribution in [1.29, 1.82) is 0 Å². The summed E-state index contributed by atoms with van der Waals surface area (Å²) >= 11 is 0. The molecule has 0 aliphatic heterocycles. The van der Waals surface area contributed by atoms with E-state index < -0.39 is 30.1 Å². The van der Waals surface area contributed by atoms with Crippen molar-refractivity contribution in [2.75, 3.05) is 0 Å². The lowest BCUT2D eigenvalue weighted by atomic mass is 9.68. The van der Waals surface area contributed by atoms with Gasteiger partial charge in [-0.25, -0.2) is 8.78 Å². The maximum atomic E-state index is 13.2. The average Bonchev–Trinajstić information content (AvgIpc) is 2.30. The van der Waals surface area contributed by atoms with E-state index in [0.717, 1.165) is 0 Å². The molecule has 18 heavy (non-hydrogen) atoms. The second-order valence-corrected chi connectivity index (χ2v) is 4.76. The van der Waals surface area contributed by atoms with Crippen molar-refractivity contribution in [3.8, 4) is 5.75 Å². The van der Waals surface area contributed by atoms with Gasteiger partial charge in [-0.3, -0.25) is 4.79 Å². The molecule has 2 rings (SSSR count). The monoisotopic (exact) mass is 256 g/mol. The Balaban J connectivity index is 2.42. The number of para-hydroxylation sites is 1. The van der Waals surface area contributed by atoms with Gasteiger partial charge >= 0.3 is 5.97 Å². The van der Waals surface area contributed by atoms with E-state index in [1.54, 1.807) is 12.1 Å². The molecular weight excluding hydrogens is 242 g/mol. The van der Waals surface area contributed by atoms with E-state index in [-0.39, 0.29) is 24.2 Å². The Bertz CT molecular complexity index is 461. The molecule has 0 amide bonds. The third-order valence-electron chi connectivity index (χ3n) is 3.66. The van der Waals surface area contributed by atoms with E-state index in [4.69, 9.17) is 0 Å². The van der Waals surface area contributed by atoms with Gasteiger partial charge < -0.3 is 10.2 Å². The number of phenols is 1. The highest BCUT2D eigenvalue weighted by molar-refractivity contribution is 5.82. The van der Waals surface area contributed by atoms with Crippen molar-refractivity contribution in [1.82, 2.24) is 0 Å². The van der Waals surface area contributed by atoms with E-state index >= 15 is 0 Å². The van der Waals surface area contributed by atoms with Crippen LogP contribution in [0, 0.1) is 0 Å². The van der Waals surface area contributed by atoms with Gasteiger partial charge in [0.1, 0.15) is 5.75 Å². The molecule has 1 saturated carbocycles. The second-order valence-electron chi connectivity index (χ2n) is 4.76. The van der Waals surface area contributed by atoms with Gasteiger partial charge in [0.25, 0.3) is 0 Å². The van der Waals surface area contributed by atoms with Crippen LogP contribution in [0.5, 0.6) is 5.75 Å². The molecule has 0 aromatic heterocycles. The summed E-state index contributed by atoms with van der Waals surface area (Å²) in [7, 11) is 0. The van der Waals surface area contributed by atoms with Crippen LogP contribution in [0.2, 0.25) is 0 Å². The molecule has 0 bridgehead atoms. The normalized spacial score (nSPS) is 21.4. The molecule has 0 unspecified atom stereocenters. The lowest BCUT2D eigenvalue weighted by Crippen LogP contribution is -2.42. The third kappa shape index (κ3) is 2.05. The molecule has 1 aliphatic carbocycles. The maximum Gasteiger partial charge on any atom is 0.314 e. The number of carboxylic acid groups (broad SMARTS) is 1. The highest BCUT2D eigenvalue weighted by atomic mass is 19.3. The first kappa shape index (κ1) is 12.8. The summed E-state index contributed by atoms with van der Waals surface area (Å²) in [5, 5.41) is 19.1. The summed E-state index contributed by atoms with van der Waals surface area (Å²) in [5.41, 5.74) is -1.17. The van der Waals surface area contributed by atoms with E-state index in [1.807, 2.05) is 0 Å². The Morgan fingerprint density at radius 2 is 1.67 bits per heavy atom. The predicted molar refractivity (Wildman–Crippen MR) is 60.8 cm³/mol. The number of carboxylic acids is 1. The van der Waals surface area contributed by atoms with Crippen molar-refractivity contribution in [2.45, 2.75) is 37.0 Å². The highest BCUT2D eigenvalue weighted by Crippen LogP contribution is 2.47. The van der Waals surface area contributed by atoms with E-state index in [1.165, 1.54) is 12.1 Å². The largest absolute Gasteiger partial charge is 0.508 e. The molecule has 1 aromatic carbocycles. The minimum Gasteiger partial charge on any atom is -0.508 e. The minimum absolute atomic E-state index is 0.148. The van der Waals surface area contributed by atoms with E-state index in [0.29, 0.717) is 0 Å². The number of hydrogen-bond donors (Lipinski definition) is 2. The van der Waals surface area contributed by atoms with Crippen molar-refractivity contribution < 1.29 is 23.8 Å². The quantitative estimate of drug-likeness (QED) is 0.855. The second kappa shape index (κ2) is 4.23. The Morgan fingerprint density at radius 1 is 1.11 bits per heavy atom. The van der Waals surface area contributed by atoms with E-state index in [9.17, 15) is 23.8 Å². The third-order valence-corrected chi connectivity index (χ3v) is 3.66. The number of phenolic OH excluding ortho intramolecular Hbond substituents is 1. The van der Waals surface area contributed by atoms with Gasteiger partial charge in [0, 0.05) is 18.4 Å². The number of alkyl halides is 2. The summed E-state index contributed by atoms with van der Waals surface area (Å²) in [5.74, 6) is -4.10. The number of benzene rings is 1. The first-order valence-corrected chi connectivity index (χ1v) is 5.77. The van der Waals surface area contributed by atoms with Crippen LogP contribution in [0.3, 0.4) is 0 Å². The van der Waals surface area contributed by atoms with Crippen molar-refractivity contribution in [3.05, 3.63) is 29.8 Å². The molecule has 0 heterocycles. The van der Waals surface area contributed by atoms with Gasteiger partial charge in [0.05, 0.1) is 5.41 Å². The van der Waals surface area contributed by atoms with Crippen LogP contribution in [0.15, 0.2) is 24.3 Å². The SMILES string of the molecule is O=C(O)C1(c2ccccc2O)CCC(F)(F)CC1. The van der Waals surface area contributed by atoms with Crippen LogP contribution in [0.25, 0.3) is 0 Å². The zero-order valence-electron chi connectivity index (χ0n) is 9.70. The number of carbonyl (C=O) groups is 1. The standard InChI is InChI=1S/C13H14F2O3/c14-13(15)7-5-12(6-8-13,11(17)18)9-3-1-2-4-10(9)16/h1-4,16H,5-8H2,(H,17,18). The molecule has 2 N–H and O–H groups in total. The van der Waals surface area contributed by atoms with Gasteiger partial charge in [0.15, 0.2) is 0 Å². The van der Waals surface area contributed by atoms with Crippen LogP contribution in [0.1, 0.15) is 31.2 Å². The number of aromatic hydroxyl groups is 1. The van der Waals surface area contributed by atoms with Crippen LogP contribution in [0.4, 0.5) is 8.78 Å². The van der Waals surface area contributed by atoms with Crippen molar-refractivity contribution in [3.63, 3.8) is 0 Å². The molecule has 0 spiro atoms. The molecule has 1 fully saturated rings. The predicted octanol–water partition coefficient (Wildman–Crippen LogP) is 2.92. The summed E-state index contributed by atoms with van der Waals surface area (Å²) < 4.78 is 26.3. The Labute approximate surface area is 103 Å². The molecule has 5 heteroatoms. The number of hydrogen-bond acceptors (Lipinski definition) is 2. The van der Waals surface area contributed by atoms with Crippen LogP contribution in [-0.4, -0.2) is 22.1 Å². The van der Waals surface area contributed by atoms with Gasteiger partial charge in [-0.2, -0.15) is 0 Å². The summed E-state index contributed by atoms with van der Waals surface area (Å²) in [6.45, 7) is 0. The van der Waals surface area contributed by atoms with Gasteiger partial charge in [-0.1, -0.05) is 18.2 Å². The fourth-order valence-electron chi connectivity index (χ4n) is 2.52. The van der Waals surface area contributed by atoms with Crippen LogP contribution in [-0.2, 0) is 10.2 Å². The zero-order chi connectivity index (χ0) is 13.4. The Kier molecular flexibility index (Phi) is 3.00. The molecule has 0 radical (unpaired) electrons. The smallest absolute Gasteiger partial charge is 0.314 e. The Morgan fingerprint density at radius 3 is 2.17 bits per heavy atom. The molecule has 98 valence electrons. The fraction of sp³-hybridized carbons (Fsp3) is 0.462. The summed E-state index contributed by atoms with van der Waals surface area (Å²) in [4.78, 5) is 11.5. The van der Waals surface area contributed by atoms with Gasteiger partial charge in [0.2, 0.25) is 5.92 Å². The van der Waals surface area contributed by atoms with E-state index in [2.05, 4.69) is 0 Å². The minimum atomic E-state index is -2.80. The topological polar surface area (TPSA) is 57.5 Å².